The molecule has 21 heavy (non-hydrogen) atoms. The average molecular weight is 301 g/mol. The first-order valence-corrected chi connectivity index (χ1v) is 7.22. The van der Waals surface area contributed by atoms with Gasteiger partial charge in [0.1, 0.15) is 11.4 Å². The molecule has 6 nitrogen and oxygen atoms in total. The van der Waals surface area contributed by atoms with Crippen LogP contribution in [0, 0.1) is 11.8 Å². The monoisotopic (exact) mass is 301 g/mol. The number of nitrogens with one attached hydrogen (secondary N) is 1. The van der Waals surface area contributed by atoms with Gasteiger partial charge in [-0.1, -0.05) is 13.8 Å². The van der Waals surface area contributed by atoms with Crippen molar-refractivity contribution in [2.45, 2.75) is 59.5 Å². The highest BCUT2D eigenvalue weighted by atomic mass is 16.6. The molecular weight excluding hydrogens is 274 g/mol. The molecule has 1 amide bonds. The molecule has 1 atom stereocenters. The van der Waals surface area contributed by atoms with Crippen LogP contribution >= 0.6 is 0 Å². The van der Waals surface area contributed by atoms with E-state index in [-0.39, 0.29) is 31.1 Å². The Hall–Kier alpha value is -1.59. The van der Waals surface area contributed by atoms with Gasteiger partial charge in [-0.3, -0.25) is 9.59 Å². The summed E-state index contributed by atoms with van der Waals surface area (Å²) in [6.07, 6.45) is 0.0119. The number of hydrogen-bond donors (Lipinski definition) is 2. The van der Waals surface area contributed by atoms with E-state index in [0.29, 0.717) is 6.42 Å². The zero-order valence-electron chi connectivity index (χ0n) is 13.6. The van der Waals surface area contributed by atoms with Crippen LogP contribution in [0.2, 0.25) is 0 Å². The van der Waals surface area contributed by atoms with Gasteiger partial charge in [0.15, 0.2) is 0 Å². The fourth-order valence-electron chi connectivity index (χ4n) is 1.84. The SMILES string of the molecule is CC(C)C[C@H](CC(=O)CCNC(=O)OC(C)(C)C)C(=O)O. The molecule has 0 radical (unpaired) electrons. The van der Waals surface area contributed by atoms with Crippen LogP contribution in [0.25, 0.3) is 0 Å². The fraction of sp³-hybridized carbons (Fsp3) is 0.800. The van der Waals surface area contributed by atoms with Crippen LogP contribution in [0.4, 0.5) is 4.79 Å². The number of hydrogen-bond acceptors (Lipinski definition) is 4. The minimum atomic E-state index is -0.947. The van der Waals surface area contributed by atoms with Crippen molar-refractivity contribution < 1.29 is 24.2 Å². The number of ketones is 1. The largest absolute Gasteiger partial charge is 0.481 e. The highest BCUT2D eigenvalue weighted by Gasteiger charge is 2.22. The molecule has 0 saturated heterocycles. The van der Waals surface area contributed by atoms with Crippen LogP contribution < -0.4 is 5.32 Å². The zero-order valence-corrected chi connectivity index (χ0v) is 13.6. The third kappa shape index (κ3) is 10.8. The van der Waals surface area contributed by atoms with Crippen molar-refractivity contribution in [1.82, 2.24) is 5.32 Å². The summed E-state index contributed by atoms with van der Waals surface area (Å²) in [4.78, 5) is 34.2. The normalized spacial score (nSPS) is 12.9. The van der Waals surface area contributed by atoms with E-state index >= 15 is 0 Å². The van der Waals surface area contributed by atoms with Gasteiger partial charge in [0.25, 0.3) is 0 Å². The molecular formula is C15H27NO5. The Morgan fingerprint density at radius 3 is 2.19 bits per heavy atom. The Kier molecular flexibility index (Phi) is 7.99. The minimum Gasteiger partial charge on any atom is -0.481 e. The number of amides is 1. The molecule has 0 spiro atoms. The summed E-state index contributed by atoms with van der Waals surface area (Å²) in [5.41, 5.74) is -0.584. The highest BCUT2D eigenvalue weighted by Crippen LogP contribution is 2.16. The van der Waals surface area contributed by atoms with E-state index in [4.69, 9.17) is 9.84 Å². The Morgan fingerprint density at radius 1 is 1.19 bits per heavy atom. The first-order chi connectivity index (χ1) is 9.51. The molecule has 2 N–H and O–H groups in total. The number of carbonyl (C=O) groups excluding carboxylic acids is 2. The lowest BCUT2D eigenvalue weighted by Crippen LogP contribution is -2.33. The first kappa shape index (κ1) is 19.4. The third-order valence-electron chi connectivity index (χ3n) is 2.65. The summed E-state index contributed by atoms with van der Waals surface area (Å²) in [6, 6.07) is 0. The summed E-state index contributed by atoms with van der Waals surface area (Å²) < 4.78 is 5.04. The molecule has 0 rings (SSSR count). The Bertz CT molecular complexity index is 371. The maximum atomic E-state index is 11.8. The van der Waals surface area contributed by atoms with Gasteiger partial charge in [0.05, 0.1) is 5.92 Å². The third-order valence-corrected chi connectivity index (χ3v) is 2.65. The minimum absolute atomic E-state index is 0.00348. The van der Waals surface area contributed by atoms with Crippen LogP contribution in [-0.2, 0) is 14.3 Å². The standard InChI is InChI=1S/C15H27NO5/c1-10(2)8-11(13(18)19)9-12(17)6-7-16-14(20)21-15(3,4)5/h10-11H,6-9H2,1-5H3,(H,16,20)(H,18,19)/t11-/m1/s1. The van der Waals surface area contributed by atoms with Crippen molar-refractivity contribution >= 4 is 17.8 Å². The summed E-state index contributed by atoms with van der Waals surface area (Å²) >= 11 is 0. The molecule has 0 fully saturated rings. The second-order valence-corrected chi connectivity index (χ2v) is 6.59. The maximum absolute atomic E-state index is 11.8. The smallest absolute Gasteiger partial charge is 0.407 e. The van der Waals surface area contributed by atoms with E-state index < -0.39 is 23.6 Å². The van der Waals surface area contributed by atoms with Crippen LogP contribution in [0.5, 0.6) is 0 Å². The van der Waals surface area contributed by atoms with E-state index in [1.54, 1.807) is 20.8 Å². The van der Waals surface area contributed by atoms with Crippen LogP contribution in [0.15, 0.2) is 0 Å². The van der Waals surface area contributed by atoms with Crippen molar-refractivity contribution in [2.24, 2.45) is 11.8 Å². The first-order valence-electron chi connectivity index (χ1n) is 7.22. The van der Waals surface area contributed by atoms with Gasteiger partial charge in [0.2, 0.25) is 0 Å². The molecule has 6 heteroatoms. The fourth-order valence-corrected chi connectivity index (χ4v) is 1.84. The number of alkyl carbamates (subject to hydrolysis) is 1. The predicted molar refractivity (Wildman–Crippen MR) is 79.1 cm³/mol. The Labute approximate surface area is 126 Å². The predicted octanol–water partition coefficient (Wildman–Crippen LogP) is 2.61. The lowest BCUT2D eigenvalue weighted by molar-refractivity contribution is -0.144. The van der Waals surface area contributed by atoms with Gasteiger partial charge >= 0.3 is 12.1 Å². The second-order valence-electron chi connectivity index (χ2n) is 6.59. The van der Waals surface area contributed by atoms with E-state index in [2.05, 4.69) is 5.32 Å². The van der Waals surface area contributed by atoms with Crippen LogP contribution in [-0.4, -0.2) is 35.1 Å². The average Bonchev–Trinajstić information content (AvgIpc) is 2.24. The quantitative estimate of drug-likeness (QED) is 0.719. The molecule has 0 aromatic carbocycles. The van der Waals surface area contributed by atoms with Crippen molar-refractivity contribution in [3.05, 3.63) is 0 Å². The lowest BCUT2D eigenvalue weighted by Gasteiger charge is -2.19. The van der Waals surface area contributed by atoms with Crippen molar-refractivity contribution in [3.8, 4) is 0 Å². The number of carboxylic acids is 1. The number of Topliss-reactive ketones (excluding diaryl/α,β-unsaturated/α-hetero) is 1. The van der Waals surface area contributed by atoms with Gasteiger partial charge in [-0.2, -0.15) is 0 Å². The summed E-state index contributed by atoms with van der Waals surface area (Å²) in [5.74, 6) is -1.55. The maximum Gasteiger partial charge on any atom is 0.407 e. The topological polar surface area (TPSA) is 92.7 Å². The van der Waals surface area contributed by atoms with E-state index in [9.17, 15) is 14.4 Å². The molecule has 0 aromatic heterocycles. The molecule has 0 saturated carbocycles. The van der Waals surface area contributed by atoms with Crippen LogP contribution in [0.3, 0.4) is 0 Å². The van der Waals surface area contributed by atoms with Crippen molar-refractivity contribution in [2.75, 3.05) is 6.54 Å². The Morgan fingerprint density at radius 2 is 1.76 bits per heavy atom. The lowest BCUT2D eigenvalue weighted by atomic mass is 9.92. The molecule has 0 unspecified atom stereocenters. The number of carbonyl (C=O) groups is 3. The van der Waals surface area contributed by atoms with Gasteiger partial charge in [-0.05, 0) is 33.1 Å². The number of aliphatic carboxylic acids is 1. The van der Waals surface area contributed by atoms with Gasteiger partial charge in [-0.25, -0.2) is 4.79 Å². The van der Waals surface area contributed by atoms with Gasteiger partial charge in [-0.15, -0.1) is 0 Å². The number of rotatable bonds is 8. The Balaban J connectivity index is 4.09. The van der Waals surface area contributed by atoms with E-state index in [1.807, 2.05) is 13.8 Å². The molecule has 122 valence electrons. The summed E-state index contributed by atoms with van der Waals surface area (Å²) in [7, 11) is 0. The van der Waals surface area contributed by atoms with Crippen LogP contribution in [0.1, 0.15) is 53.9 Å². The van der Waals surface area contributed by atoms with E-state index in [0.717, 1.165) is 0 Å². The molecule has 0 aromatic rings. The summed E-state index contributed by atoms with van der Waals surface area (Å²) in [6.45, 7) is 9.25. The number of ether oxygens (including phenoxy) is 1. The number of carboxylic acid groups (broad SMARTS) is 1. The molecule has 0 bridgehead atoms. The molecule has 0 aliphatic heterocycles. The van der Waals surface area contributed by atoms with Gasteiger partial charge in [0, 0.05) is 19.4 Å². The second kappa shape index (κ2) is 8.64. The van der Waals surface area contributed by atoms with Crippen molar-refractivity contribution in [3.63, 3.8) is 0 Å². The van der Waals surface area contributed by atoms with Gasteiger partial charge < -0.3 is 15.2 Å². The molecule has 0 aliphatic carbocycles. The van der Waals surface area contributed by atoms with Crippen molar-refractivity contribution in [1.29, 1.82) is 0 Å². The molecule has 0 heterocycles. The summed E-state index contributed by atoms with van der Waals surface area (Å²) in [5, 5.41) is 11.6. The molecule has 0 aliphatic rings. The zero-order chi connectivity index (χ0) is 16.6. The highest BCUT2D eigenvalue weighted by molar-refractivity contribution is 5.84. The van der Waals surface area contributed by atoms with E-state index in [1.165, 1.54) is 0 Å².